The van der Waals surface area contributed by atoms with Gasteiger partial charge in [-0.1, -0.05) is 6.58 Å². The second kappa shape index (κ2) is 9.49. The molecule has 4 rings (SSSR count). The molecule has 4 fully saturated rings. The predicted octanol–water partition coefficient (Wildman–Crippen LogP) is 3.23. The number of carbonyl (C=O) groups is 1. The van der Waals surface area contributed by atoms with Crippen LogP contribution in [0.5, 0.6) is 0 Å². The van der Waals surface area contributed by atoms with E-state index in [1.54, 1.807) is 0 Å². The number of rotatable bonds is 7. The maximum absolute atomic E-state index is 11.7. The number of ether oxygens (including phenoxy) is 5. The molecule has 0 radical (unpaired) electrons. The molecule has 4 heterocycles. The van der Waals surface area contributed by atoms with Crippen molar-refractivity contribution in [3.8, 4) is 0 Å². The fraction of sp³-hybridized carbons (Fsp3) is 0.857. The van der Waals surface area contributed by atoms with Crippen LogP contribution in [0.2, 0.25) is 0 Å². The molecule has 0 saturated carbocycles. The number of aliphatic hydroxyl groups excluding tert-OH is 1. The molecule has 0 aliphatic carbocycles. The van der Waals surface area contributed by atoms with E-state index < -0.39 is 18.0 Å². The van der Waals surface area contributed by atoms with Gasteiger partial charge in [-0.15, -0.1) is 11.6 Å². The highest BCUT2D eigenvalue weighted by Crippen LogP contribution is 2.48. The molecule has 0 amide bonds. The fourth-order valence-electron chi connectivity index (χ4n) is 5.18. The van der Waals surface area contributed by atoms with Crippen LogP contribution in [-0.2, 0) is 28.5 Å². The van der Waals surface area contributed by atoms with Crippen molar-refractivity contribution in [2.45, 2.75) is 105 Å². The summed E-state index contributed by atoms with van der Waals surface area (Å²) >= 11 is 8.66. The van der Waals surface area contributed by atoms with Crippen LogP contribution in [0.4, 0.5) is 0 Å². The topological polar surface area (TPSA) is 83.5 Å². The first-order valence-electron chi connectivity index (χ1n) is 10.7. The van der Waals surface area contributed by atoms with Gasteiger partial charge in [0.25, 0.3) is 0 Å². The van der Waals surface area contributed by atoms with Crippen molar-refractivity contribution in [2.24, 2.45) is 0 Å². The van der Waals surface area contributed by atoms with Crippen LogP contribution in [0.3, 0.4) is 0 Å². The standard InChI is InChI=1S/C21H30ClIO7/c1-11(23)7-12(22)5-6-21-10-14(24)19(30-21)16-9-17(29-21)20-15(28-16)4-3-13(27-20)8-18(25)26-2/h12-17,19-20,24H,1,3-10H2,2H3/t12-,13?,14?,15+,16?,17-,19?,20+,21-/m1/s1. The highest BCUT2D eigenvalue weighted by atomic mass is 127. The summed E-state index contributed by atoms with van der Waals surface area (Å²) in [6.45, 7) is 3.92. The Balaban J connectivity index is 1.47. The summed E-state index contributed by atoms with van der Waals surface area (Å²) in [6.07, 6.45) is 2.68. The van der Waals surface area contributed by atoms with E-state index in [9.17, 15) is 9.90 Å². The Morgan fingerprint density at radius 2 is 2.07 bits per heavy atom. The first kappa shape index (κ1) is 23.2. The number of halogens is 2. The first-order valence-corrected chi connectivity index (χ1v) is 12.2. The third kappa shape index (κ3) is 5.00. The van der Waals surface area contributed by atoms with Crippen LogP contribution in [0.25, 0.3) is 0 Å². The zero-order valence-corrected chi connectivity index (χ0v) is 20.0. The average molecular weight is 557 g/mol. The maximum atomic E-state index is 11.7. The van der Waals surface area contributed by atoms with Crippen LogP contribution in [-0.4, -0.2) is 72.1 Å². The minimum absolute atomic E-state index is 0.0610. The summed E-state index contributed by atoms with van der Waals surface area (Å²) in [6, 6.07) is 0. The van der Waals surface area contributed by atoms with Gasteiger partial charge in [0.05, 0.1) is 44.1 Å². The largest absolute Gasteiger partial charge is 0.469 e. The Morgan fingerprint density at radius 3 is 2.80 bits per heavy atom. The second-order valence-corrected chi connectivity index (χ2v) is 11.0. The Morgan fingerprint density at radius 1 is 1.27 bits per heavy atom. The minimum atomic E-state index is -0.889. The number of carbonyl (C=O) groups excluding carboxylic acids is 1. The van der Waals surface area contributed by atoms with Gasteiger partial charge in [0.1, 0.15) is 12.2 Å². The van der Waals surface area contributed by atoms with E-state index in [0.29, 0.717) is 25.7 Å². The molecule has 4 aliphatic rings. The minimum Gasteiger partial charge on any atom is -0.469 e. The van der Waals surface area contributed by atoms with Crippen molar-refractivity contribution < 1.29 is 33.6 Å². The lowest BCUT2D eigenvalue weighted by Crippen LogP contribution is -2.58. The summed E-state index contributed by atoms with van der Waals surface area (Å²) in [4.78, 5) is 11.7. The third-order valence-corrected chi connectivity index (χ3v) is 7.37. The molecule has 4 aliphatic heterocycles. The molecule has 0 aromatic heterocycles. The molecule has 4 unspecified atom stereocenters. The van der Waals surface area contributed by atoms with Crippen molar-refractivity contribution >= 4 is 40.2 Å². The lowest BCUT2D eigenvalue weighted by atomic mass is 9.86. The van der Waals surface area contributed by atoms with Crippen LogP contribution >= 0.6 is 34.2 Å². The molecular formula is C21H30ClIO7. The van der Waals surface area contributed by atoms with Crippen molar-refractivity contribution in [1.29, 1.82) is 0 Å². The number of aliphatic hydroxyl groups is 1. The molecule has 30 heavy (non-hydrogen) atoms. The van der Waals surface area contributed by atoms with E-state index in [-0.39, 0.29) is 48.3 Å². The van der Waals surface area contributed by atoms with Gasteiger partial charge in [-0.2, -0.15) is 0 Å². The van der Waals surface area contributed by atoms with Gasteiger partial charge in [-0.25, -0.2) is 0 Å². The SMILES string of the molecule is C=C(I)C[C@H](Cl)CC[C@]12CC(O)C(O1)C1C[C@@H](O2)[C@H]2OC(CC(=O)OC)CC[C@@H]2O1. The lowest BCUT2D eigenvalue weighted by molar-refractivity contribution is -0.276. The molecular weight excluding hydrogens is 527 g/mol. The smallest absolute Gasteiger partial charge is 0.308 e. The van der Waals surface area contributed by atoms with Crippen molar-refractivity contribution in [3.05, 3.63) is 10.2 Å². The Labute approximate surface area is 195 Å². The Hall–Kier alpha value is 0.0300. The maximum Gasteiger partial charge on any atom is 0.308 e. The summed E-state index contributed by atoms with van der Waals surface area (Å²) in [5.74, 6) is -1.16. The molecule has 0 aromatic carbocycles. The first-order chi connectivity index (χ1) is 14.3. The predicted molar refractivity (Wildman–Crippen MR) is 118 cm³/mol. The highest BCUT2D eigenvalue weighted by Gasteiger charge is 2.59. The molecule has 0 aromatic rings. The van der Waals surface area contributed by atoms with E-state index in [1.807, 2.05) is 0 Å². The molecule has 4 saturated heterocycles. The van der Waals surface area contributed by atoms with Crippen LogP contribution in [0, 0.1) is 0 Å². The van der Waals surface area contributed by atoms with Gasteiger partial charge >= 0.3 is 5.97 Å². The van der Waals surface area contributed by atoms with Gasteiger partial charge in [0.15, 0.2) is 5.79 Å². The quantitative estimate of drug-likeness (QED) is 0.293. The van der Waals surface area contributed by atoms with Crippen molar-refractivity contribution in [1.82, 2.24) is 0 Å². The summed E-state index contributed by atoms with van der Waals surface area (Å²) < 4.78 is 31.2. The van der Waals surface area contributed by atoms with Gasteiger partial charge in [0, 0.05) is 24.6 Å². The van der Waals surface area contributed by atoms with E-state index in [0.717, 1.165) is 22.8 Å². The molecule has 1 N–H and O–H groups in total. The summed E-state index contributed by atoms with van der Waals surface area (Å²) in [7, 11) is 1.39. The number of hydrogen-bond acceptors (Lipinski definition) is 7. The summed E-state index contributed by atoms with van der Waals surface area (Å²) in [5, 5.41) is 10.6. The van der Waals surface area contributed by atoms with E-state index in [4.69, 9.17) is 35.3 Å². The molecule has 170 valence electrons. The average Bonchev–Trinajstić information content (AvgIpc) is 2.95. The van der Waals surface area contributed by atoms with Crippen LogP contribution in [0.1, 0.15) is 51.4 Å². The number of esters is 1. The number of methoxy groups -OCH3 is 1. The highest BCUT2D eigenvalue weighted by molar-refractivity contribution is 14.1. The molecule has 9 atom stereocenters. The normalized spacial score (nSPS) is 43.4. The molecule has 7 nitrogen and oxygen atoms in total. The van der Waals surface area contributed by atoms with Crippen LogP contribution in [0.15, 0.2) is 10.2 Å². The molecule has 4 bridgehead atoms. The third-order valence-electron chi connectivity index (χ3n) is 6.56. The fourth-order valence-corrected chi connectivity index (χ4v) is 6.27. The Kier molecular flexibility index (Phi) is 7.34. The molecule has 9 heteroatoms. The van der Waals surface area contributed by atoms with Gasteiger partial charge in [0.2, 0.25) is 0 Å². The van der Waals surface area contributed by atoms with Crippen molar-refractivity contribution in [2.75, 3.05) is 7.11 Å². The van der Waals surface area contributed by atoms with Gasteiger partial charge < -0.3 is 28.8 Å². The van der Waals surface area contributed by atoms with E-state index >= 15 is 0 Å². The zero-order chi connectivity index (χ0) is 21.5. The van der Waals surface area contributed by atoms with Gasteiger partial charge in [-0.3, -0.25) is 4.79 Å². The van der Waals surface area contributed by atoms with E-state index in [1.165, 1.54) is 7.11 Å². The Bertz CT molecular complexity index is 663. The zero-order valence-electron chi connectivity index (χ0n) is 17.1. The van der Waals surface area contributed by atoms with Crippen LogP contribution < -0.4 is 0 Å². The number of hydrogen-bond donors (Lipinski definition) is 1. The number of alkyl halides is 1. The van der Waals surface area contributed by atoms with Crippen molar-refractivity contribution in [3.63, 3.8) is 0 Å². The van der Waals surface area contributed by atoms with E-state index in [2.05, 4.69) is 29.2 Å². The monoisotopic (exact) mass is 556 g/mol. The summed E-state index contributed by atoms with van der Waals surface area (Å²) in [5.41, 5.74) is 0. The lowest BCUT2D eigenvalue weighted by Gasteiger charge is -2.47. The van der Waals surface area contributed by atoms with Gasteiger partial charge in [-0.05, 0) is 51.9 Å². The number of allylic oxidation sites excluding steroid dienone is 1. The number of fused-ring (bicyclic) bond motifs is 7. The molecule has 0 spiro atoms. The second-order valence-electron chi connectivity index (χ2n) is 8.81.